The third-order valence-electron chi connectivity index (χ3n) is 1.45. The largest absolute Gasteiger partial charge is 0.481 e. The lowest BCUT2D eigenvalue weighted by atomic mass is 10.2. The van der Waals surface area contributed by atoms with Crippen LogP contribution in [0.2, 0.25) is 0 Å². The molecule has 0 aromatic rings. The van der Waals surface area contributed by atoms with Gasteiger partial charge in [-0.15, -0.1) is 0 Å². The standard InChI is InChI=1S/C8H11N3O5/c12-5-9-4-11-8(16)10-3-6(13)1-2-7(14)15/h1-4H2,(H,14,15)(H2,10,11,16). The van der Waals surface area contributed by atoms with Gasteiger partial charge < -0.3 is 15.7 Å². The van der Waals surface area contributed by atoms with Crippen LogP contribution in [-0.4, -0.2) is 42.2 Å². The molecule has 0 aromatic carbocycles. The molecule has 2 amide bonds. The first-order valence-electron chi connectivity index (χ1n) is 4.35. The number of rotatable bonds is 7. The molecule has 0 aliphatic carbocycles. The van der Waals surface area contributed by atoms with Gasteiger partial charge >= 0.3 is 12.0 Å². The number of carboxylic acid groups (broad SMARTS) is 1. The fraction of sp³-hybridized carbons (Fsp3) is 0.500. The fourth-order valence-corrected chi connectivity index (χ4v) is 0.720. The van der Waals surface area contributed by atoms with Crippen LogP contribution in [0, 0.1) is 0 Å². The van der Waals surface area contributed by atoms with Crippen LogP contribution in [0.3, 0.4) is 0 Å². The van der Waals surface area contributed by atoms with Crippen molar-refractivity contribution >= 4 is 23.9 Å². The summed E-state index contributed by atoms with van der Waals surface area (Å²) in [7, 11) is 0. The summed E-state index contributed by atoms with van der Waals surface area (Å²) in [6.07, 6.45) is 0.818. The van der Waals surface area contributed by atoms with Gasteiger partial charge in [0.15, 0.2) is 5.78 Å². The predicted molar refractivity (Wildman–Crippen MR) is 51.4 cm³/mol. The topological polar surface area (TPSA) is 125 Å². The normalized spacial score (nSPS) is 8.75. The highest BCUT2D eigenvalue weighted by Crippen LogP contribution is 1.89. The Labute approximate surface area is 90.7 Å². The predicted octanol–water partition coefficient (Wildman–Crippen LogP) is -0.987. The third-order valence-corrected chi connectivity index (χ3v) is 1.45. The molecule has 0 radical (unpaired) electrons. The number of carboxylic acids is 1. The van der Waals surface area contributed by atoms with Gasteiger partial charge in [-0.05, 0) is 0 Å². The van der Waals surface area contributed by atoms with Gasteiger partial charge in [0.2, 0.25) is 6.08 Å². The molecule has 0 aromatic heterocycles. The van der Waals surface area contributed by atoms with Gasteiger partial charge in [-0.25, -0.2) is 9.59 Å². The Bertz CT molecular complexity index is 304. The number of Topliss-reactive ketones (excluding diaryl/α,β-unsaturated/α-hetero) is 1. The van der Waals surface area contributed by atoms with E-state index in [1.54, 1.807) is 0 Å². The van der Waals surface area contributed by atoms with Gasteiger partial charge in [0.05, 0.1) is 13.0 Å². The number of hydrogen-bond donors (Lipinski definition) is 3. The number of amides is 2. The van der Waals surface area contributed by atoms with Crippen LogP contribution in [-0.2, 0) is 14.4 Å². The smallest absolute Gasteiger partial charge is 0.316 e. The van der Waals surface area contributed by atoms with Crippen molar-refractivity contribution in [3.05, 3.63) is 0 Å². The minimum absolute atomic E-state index is 0.137. The Kier molecular flexibility index (Phi) is 7.00. The van der Waals surface area contributed by atoms with Crippen LogP contribution in [0.5, 0.6) is 0 Å². The molecule has 88 valence electrons. The maximum absolute atomic E-state index is 11.0. The van der Waals surface area contributed by atoms with Crippen molar-refractivity contribution in [3.63, 3.8) is 0 Å². The van der Waals surface area contributed by atoms with Crippen LogP contribution >= 0.6 is 0 Å². The summed E-state index contributed by atoms with van der Waals surface area (Å²) >= 11 is 0. The van der Waals surface area contributed by atoms with E-state index in [9.17, 15) is 19.2 Å². The number of carbonyl (C=O) groups is 3. The van der Waals surface area contributed by atoms with Crippen LogP contribution in [0.1, 0.15) is 12.8 Å². The summed E-state index contributed by atoms with van der Waals surface area (Å²) < 4.78 is 0. The van der Waals surface area contributed by atoms with E-state index in [0.29, 0.717) is 0 Å². The lowest BCUT2D eigenvalue weighted by molar-refractivity contribution is -0.138. The second-order valence-electron chi connectivity index (χ2n) is 2.70. The Morgan fingerprint density at radius 2 is 1.88 bits per heavy atom. The van der Waals surface area contributed by atoms with Gasteiger partial charge in [-0.3, -0.25) is 9.59 Å². The molecule has 0 spiro atoms. The summed E-state index contributed by atoms with van der Waals surface area (Å²) in [5.74, 6) is -1.46. The Morgan fingerprint density at radius 3 is 2.44 bits per heavy atom. The average Bonchev–Trinajstić information content (AvgIpc) is 2.24. The molecule has 0 saturated carbocycles. The lowest BCUT2D eigenvalue weighted by Gasteiger charge is -2.03. The number of isocyanates is 1. The van der Waals surface area contributed by atoms with Crippen molar-refractivity contribution in [1.82, 2.24) is 10.6 Å². The summed E-state index contributed by atoms with van der Waals surface area (Å²) in [5.41, 5.74) is 0. The quantitative estimate of drug-likeness (QED) is 0.382. The van der Waals surface area contributed by atoms with E-state index in [2.05, 4.69) is 15.6 Å². The number of urea groups is 1. The maximum atomic E-state index is 11.0. The summed E-state index contributed by atoms with van der Waals surface area (Å²) in [4.78, 5) is 44.7. The fourth-order valence-electron chi connectivity index (χ4n) is 0.720. The van der Waals surface area contributed by atoms with E-state index in [1.807, 2.05) is 0 Å². The van der Waals surface area contributed by atoms with E-state index in [4.69, 9.17) is 5.11 Å². The first kappa shape index (κ1) is 13.8. The van der Waals surface area contributed by atoms with Crippen molar-refractivity contribution in [2.45, 2.75) is 12.8 Å². The number of nitrogens with zero attached hydrogens (tertiary/aromatic N) is 1. The summed E-state index contributed by atoms with van der Waals surface area (Å²) in [6.45, 7) is -0.484. The van der Waals surface area contributed by atoms with Gasteiger partial charge in [-0.2, -0.15) is 4.99 Å². The van der Waals surface area contributed by atoms with Crippen molar-refractivity contribution in [3.8, 4) is 0 Å². The highest BCUT2D eigenvalue weighted by atomic mass is 16.4. The number of nitrogens with one attached hydrogen (secondary N) is 2. The molecule has 0 aliphatic heterocycles. The van der Waals surface area contributed by atoms with Crippen molar-refractivity contribution < 1.29 is 24.3 Å². The second-order valence-corrected chi connectivity index (χ2v) is 2.70. The average molecular weight is 229 g/mol. The molecule has 8 heteroatoms. The number of aliphatic imine (C=N–C) groups is 1. The lowest BCUT2D eigenvalue weighted by Crippen LogP contribution is -2.38. The molecule has 0 fully saturated rings. The van der Waals surface area contributed by atoms with E-state index in [-0.39, 0.29) is 26.1 Å². The Morgan fingerprint density at radius 1 is 1.19 bits per heavy atom. The van der Waals surface area contributed by atoms with Crippen molar-refractivity contribution in [2.75, 3.05) is 13.2 Å². The summed E-state index contributed by atoms with van der Waals surface area (Å²) in [5, 5.41) is 12.6. The molecular formula is C8H11N3O5. The second kappa shape index (κ2) is 8.13. The van der Waals surface area contributed by atoms with Gasteiger partial charge in [0.25, 0.3) is 0 Å². The Hall–Kier alpha value is -2.21. The van der Waals surface area contributed by atoms with Gasteiger partial charge in [0, 0.05) is 6.42 Å². The van der Waals surface area contributed by atoms with Crippen LogP contribution in [0.4, 0.5) is 4.79 Å². The Balaban J connectivity index is 3.62. The number of carbonyl (C=O) groups excluding carboxylic acids is 3. The molecule has 8 nitrogen and oxygen atoms in total. The minimum Gasteiger partial charge on any atom is -0.481 e. The van der Waals surface area contributed by atoms with Crippen LogP contribution in [0.15, 0.2) is 4.99 Å². The molecule has 3 N–H and O–H groups in total. The molecule has 0 saturated heterocycles. The zero-order valence-electron chi connectivity index (χ0n) is 8.36. The zero-order chi connectivity index (χ0) is 12.4. The molecule has 16 heavy (non-hydrogen) atoms. The molecule has 0 aliphatic rings. The molecular weight excluding hydrogens is 218 g/mol. The number of aliphatic carboxylic acids is 1. The van der Waals surface area contributed by atoms with Gasteiger partial charge in [-0.1, -0.05) is 0 Å². The van der Waals surface area contributed by atoms with E-state index < -0.39 is 17.8 Å². The summed E-state index contributed by atoms with van der Waals surface area (Å²) in [6, 6.07) is -0.664. The molecule has 0 atom stereocenters. The molecule has 0 heterocycles. The highest BCUT2D eigenvalue weighted by molar-refractivity contribution is 5.87. The van der Waals surface area contributed by atoms with Crippen LogP contribution in [0.25, 0.3) is 0 Å². The number of hydrogen-bond acceptors (Lipinski definition) is 5. The van der Waals surface area contributed by atoms with Crippen molar-refractivity contribution in [1.29, 1.82) is 0 Å². The first-order valence-corrected chi connectivity index (χ1v) is 4.35. The molecule has 0 bridgehead atoms. The van der Waals surface area contributed by atoms with E-state index in [0.717, 1.165) is 0 Å². The SMILES string of the molecule is O=C=NCNC(=O)NCC(=O)CCC(=O)O. The third kappa shape index (κ3) is 8.39. The van der Waals surface area contributed by atoms with Gasteiger partial charge in [0.1, 0.15) is 6.67 Å². The van der Waals surface area contributed by atoms with Crippen LogP contribution < -0.4 is 10.6 Å². The van der Waals surface area contributed by atoms with E-state index >= 15 is 0 Å². The molecule has 0 unspecified atom stereocenters. The monoisotopic (exact) mass is 229 g/mol. The van der Waals surface area contributed by atoms with E-state index in [1.165, 1.54) is 6.08 Å². The van der Waals surface area contributed by atoms with Crippen molar-refractivity contribution in [2.24, 2.45) is 4.99 Å². The minimum atomic E-state index is -1.07. The highest BCUT2D eigenvalue weighted by Gasteiger charge is 2.06. The molecule has 0 rings (SSSR count). The first-order chi connectivity index (χ1) is 7.56. The maximum Gasteiger partial charge on any atom is 0.316 e. The number of ketones is 1. The zero-order valence-corrected chi connectivity index (χ0v) is 8.36.